The van der Waals surface area contributed by atoms with Crippen LogP contribution in [0.3, 0.4) is 0 Å². The molecule has 2 rings (SSSR count). The fourth-order valence-corrected chi connectivity index (χ4v) is 3.54. The first-order valence-corrected chi connectivity index (χ1v) is 8.44. The molecule has 1 atom stereocenters. The smallest absolute Gasteiger partial charge is 0.276 e. The number of hydrogen-bond donors (Lipinski definition) is 2. The van der Waals surface area contributed by atoms with Crippen LogP contribution >= 0.6 is 0 Å². The highest BCUT2D eigenvalue weighted by atomic mass is 32.2. The first-order valence-electron chi connectivity index (χ1n) is 6.96. The second-order valence-electron chi connectivity index (χ2n) is 5.37. The molecule has 0 bridgehead atoms. The van der Waals surface area contributed by atoms with Crippen molar-refractivity contribution in [2.24, 2.45) is 5.92 Å². The summed E-state index contributed by atoms with van der Waals surface area (Å²) in [5.74, 6) is -0.747. The molecule has 22 heavy (non-hydrogen) atoms. The Kier molecular flexibility index (Phi) is 5.09. The molecular formula is C13H18FN3O4S. The lowest BCUT2D eigenvalue weighted by molar-refractivity contribution is -0.385. The molecule has 122 valence electrons. The summed E-state index contributed by atoms with van der Waals surface area (Å²) in [7, 11) is -3.98. The molecule has 1 aromatic rings. The first kappa shape index (κ1) is 16.8. The minimum Gasteiger partial charge on any atom is -0.316 e. The maximum absolute atomic E-state index is 13.7. The van der Waals surface area contributed by atoms with E-state index in [9.17, 15) is 22.9 Å². The molecule has 0 aromatic heterocycles. The number of benzene rings is 1. The molecule has 0 amide bonds. The van der Waals surface area contributed by atoms with Crippen LogP contribution in [0.1, 0.15) is 18.4 Å². The third-order valence-corrected chi connectivity index (χ3v) is 5.16. The van der Waals surface area contributed by atoms with Crippen LogP contribution in [0.15, 0.2) is 17.0 Å². The summed E-state index contributed by atoms with van der Waals surface area (Å²) in [6, 6.07) is 1.70. The van der Waals surface area contributed by atoms with Crippen LogP contribution in [0.25, 0.3) is 0 Å². The van der Waals surface area contributed by atoms with Gasteiger partial charge in [-0.1, -0.05) is 0 Å². The van der Waals surface area contributed by atoms with E-state index in [0.29, 0.717) is 6.54 Å². The lowest BCUT2D eigenvalue weighted by atomic mass is 10.0. The summed E-state index contributed by atoms with van der Waals surface area (Å²) < 4.78 is 40.5. The van der Waals surface area contributed by atoms with Crippen molar-refractivity contribution in [2.75, 3.05) is 19.6 Å². The van der Waals surface area contributed by atoms with Gasteiger partial charge in [-0.2, -0.15) is 0 Å². The Morgan fingerprint density at radius 2 is 2.23 bits per heavy atom. The number of piperidine rings is 1. The van der Waals surface area contributed by atoms with Gasteiger partial charge in [0.2, 0.25) is 10.0 Å². The molecule has 0 aliphatic carbocycles. The molecule has 0 spiro atoms. The summed E-state index contributed by atoms with van der Waals surface area (Å²) in [6.07, 6.45) is 1.87. The SMILES string of the molecule is Cc1c(F)cc(S(=O)(=O)NCC2CCCNC2)cc1[N+](=O)[O-]. The van der Waals surface area contributed by atoms with Crippen molar-refractivity contribution >= 4 is 15.7 Å². The number of hydrogen-bond acceptors (Lipinski definition) is 5. The van der Waals surface area contributed by atoms with E-state index in [2.05, 4.69) is 10.0 Å². The Morgan fingerprint density at radius 1 is 1.50 bits per heavy atom. The zero-order chi connectivity index (χ0) is 16.3. The van der Waals surface area contributed by atoms with E-state index in [1.54, 1.807) is 0 Å². The maximum Gasteiger partial charge on any atom is 0.276 e. The van der Waals surface area contributed by atoms with Gasteiger partial charge in [-0.05, 0) is 44.8 Å². The van der Waals surface area contributed by atoms with E-state index in [1.165, 1.54) is 6.92 Å². The molecule has 0 saturated carbocycles. The number of nitrogens with one attached hydrogen (secondary N) is 2. The Balaban J connectivity index is 2.19. The molecule has 7 nitrogen and oxygen atoms in total. The fraction of sp³-hybridized carbons (Fsp3) is 0.538. The fourth-order valence-electron chi connectivity index (χ4n) is 2.39. The number of nitro groups is 1. The number of nitro benzene ring substituents is 1. The molecule has 1 heterocycles. The quantitative estimate of drug-likeness (QED) is 0.626. The van der Waals surface area contributed by atoms with Crippen LogP contribution in [0.4, 0.5) is 10.1 Å². The molecule has 2 N–H and O–H groups in total. The minimum absolute atomic E-state index is 0.161. The summed E-state index contributed by atoms with van der Waals surface area (Å²) in [6.45, 7) is 3.09. The predicted octanol–water partition coefficient (Wildman–Crippen LogP) is 1.32. The second kappa shape index (κ2) is 6.67. The van der Waals surface area contributed by atoms with Gasteiger partial charge in [-0.3, -0.25) is 10.1 Å². The van der Waals surface area contributed by atoms with Crippen LogP contribution in [-0.2, 0) is 10.0 Å². The lowest BCUT2D eigenvalue weighted by Crippen LogP contribution is -2.38. The molecule has 0 radical (unpaired) electrons. The molecule has 1 fully saturated rings. The Morgan fingerprint density at radius 3 is 2.82 bits per heavy atom. The van der Waals surface area contributed by atoms with Crippen molar-refractivity contribution < 1.29 is 17.7 Å². The third-order valence-electron chi connectivity index (χ3n) is 3.76. The Bertz CT molecular complexity index is 672. The monoisotopic (exact) mass is 331 g/mol. The van der Waals surface area contributed by atoms with E-state index in [1.807, 2.05) is 0 Å². The highest BCUT2D eigenvalue weighted by Gasteiger charge is 2.24. The Labute approximate surface area is 128 Å². The van der Waals surface area contributed by atoms with E-state index in [-0.39, 0.29) is 18.0 Å². The number of rotatable bonds is 5. The summed E-state index contributed by atoms with van der Waals surface area (Å²) >= 11 is 0. The largest absolute Gasteiger partial charge is 0.316 e. The molecule has 1 saturated heterocycles. The number of sulfonamides is 1. The maximum atomic E-state index is 13.7. The van der Waals surface area contributed by atoms with Gasteiger partial charge in [0.05, 0.1) is 15.4 Å². The lowest BCUT2D eigenvalue weighted by Gasteiger charge is -2.22. The standard InChI is InChI=1S/C13H18FN3O4S/c1-9-12(14)5-11(6-13(9)17(18)19)22(20,21)16-8-10-3-2-4-15-7-10/h5-6,10,15-16H,2-4,7-8H2,1H3. The van der Waals surface area contributed by atoms with Crippen LogP contribution in [0.2, 0.25) is 0 Å². The summed E-state index contributed by atoms with van der Waals surface area (Å²) in [4.78, 5) is 9.66. The molecule has 1 aromatic carbocycles. The van der Waals surface area contributed by atoms with Gasteiger partial charge in [-0.25, -0.2) is 17.5 Å². The molecular weight excluding hydrogens is 313 g/mol. The number of halogens is 1. The average Bonchev–Trinajstić information content (AvgIpc) is 2.48. The van der Waals surface area contributed by atoms with Crippen LogP contribution < -0.4 is 10.0 Å². The zero-order valence-electron chi connectivity index (χ0n) is 12.1. The van der Waals surface area contributed by atoms with Gasteiger partial charge < -0.3 is 5.32 Å². The van der Waals surface area contributed by atoms with Gasteiger partial charge in [0.1, 0.15) is 5.82 Å². The first-order chi connectivity index (χ1) is 10.3. The van der Waals surface area contributed by atoms with Crippen LogP contribution in [-0.4, -0.2) is 33.0 Å². The van der Waals surface area contributed by atoms with E-state index in [0.717, 1.165) is 31.5 Å². The van der Waals surface area contributed by atoms with Crippen LogP contribution in [0.5, 0.6) is 0 Å². The third kappa shape index (κ3) is 3.79. The van der Waals surface area contributed by atoms with E-state index < -0.39 is 31.3 Å². The molecule has 1 aliphatic rings. The molecule has 1 unspecified atom stereocenters. The van der Waals surface area contributed by atoms with Crippen molar-refractivity contribution in [3.8, 4) is 0 Å². The normalized spacial score (nSPS) is 19.1. The topological polar surface area (TPSA) is 101 Å². The van der Waals surface area contributed by atoms with E-state index >= 15 is 0 Å². The minimum atomic E-state index is -3.98. The second-order valence-corrected chi connectivity index (χ2v) is 7.14. The van der Waals surface area contributed by atoms with Crippen molar-refractivity contribution in [3.05, 3.63) is 33.6 Å². The highest BCUT2D eigenvalue weighted by Crippen LogP contribution is 2.25. The summed E-state index contributed by atoms with van der Waals surface area (Å²) in [5.41, 5.74) is -0.722. The van der Waals surface area contributed by atoms with Gasteiger partial charge in [0.15, 0.2) is 0 Å². The number of nitrogens with zero attached hydrogens (tertiary/aromatic N) is 1. The zero-order valence-corrected chi connectivity index (χ0v) is 13.0. The predicted molar refractivity (Wildman–Crippen MR) is 78.6 cm³/mol. The van der Waals surface area contributed by atoms with Crippen molar-refractivity contribution in [1.29, 1.82) is 0 Å². The van der Waals surface area contributed by atoms with Gasteiger partial charge in [0.25, 0.3) is 5.69 Å². The van der Waals surface area contributed by atoms with Crippen LogP contribution in [0, 0.1) is 28.8 Å². The van der Waals surface area contributed by atoms with E-state index in [4.69, 9.17) is 0 Å². The van der Waals surface area contributed by atoms with Crippen molar-refractivity contribution in [1.82, 2.24) is 10.0 Å². The molecule has 9 heteroatoms. The van der Waals surface area contributed by atoms with Crippen molar-refractivity contribution in [3.63, 3.8) is 0 Å². The van der Waals surface area contributed by atoms with Gasteiger partial charge in [-0.15, -0.1) is 0 Å². The average molecular weight is 331 g/mol. The van der Waals surface area contributed by atoms with Gasteiger partial charge in [0, 0.05) is 12.6 Å². The highest BCUT2D eigenvalue weighted by molar-refractivity contribution is 7.89. The molecule has 1 aliphatic heterocycles. The van der Waals surface area contributed by atoms with Gasteiger partial charge >= 0.3 is 0 Å². The van der Waals surface area contributed by atoms with Crippen molar-refractivity contribution in [2.45, 2.75) is 24.7 Å². The summed E-state index contributed by atoms with van der Waals surface area (Å²) in [5, 5.41) is 14.0. The Hall–Kier alpha value is -1.58.